The number of hydrogen-bond donors (Lipinski definition) is 1. The Morgan fingerprint density at radius 1 is 1.35 bits per heavy atom. The van der Waals surface area contributed by atoms with Gasteiger partial charge in [0.2, 0.25) is 5.43 Å². The SMILES string of the molecule is C#CCC(CC#C)COC(=O)c1cn(C2CC2)c2nc(N3C/C(=N/OC)C4(CNC4)C3)c(F)cc2c1=O. The van der Waals surface area contributed by atoms with E-state index in [1.54, 1.807) is 4.57 Å². The van der Waals surface area contributed by atoms with Crippen molar-refractivity contribution in [1.82, 2.24) is 14.9 Å². The first-order valence-corrected chi connectivity index (χ1v) is 12.3. The molecule has 1 saturated carbocycles. The third kappa shape index (κ3) is 4.54. The highest BCUT2D eigenvalue weighted by atomic mass is 19.1. The minimum Gasteiger partial charge on any atom is -0.462 e. The minimum atomic E-state index is -0.788. The maximum Gasteiger partial charge on any atom is 0.343 e. The summed E-state index contributed by atoms with van der Waals surface area (Å²) in [6.07, 6.45) is 14.7. The number of rotatable bonds is 8. The fraction of sp³-hybridized carbons (Fsp3) is 0.481. The second-order valence-electron chi connectivity index (χ2n) is 9.92. The summed E-state index contributed by atoms with van der Waals surface area (Å²) in [6, 6.07) is 1.24. The summed E-state index contributed by atoms with van der Waals surface area (Å²) >= 11 is 0. The van der Waals surface area contributed by atoms with E-state index in [-0.39, 0.29) is 40.7 Å². The number of nitrogens with one attached hydrogen (secondary N) is 1. The average molecular weight is 506 g/mol. The lowest BCUT2D eigenvalue weighted by Crippen LogP contribution is -2.58. The number of terminal acetylenes is 2. The number of hydrogen-bond acceptors (Lipinski definition) is 8. The van der Waals surface area contributed by atoms with Gasteiger partial charge in [-0.3, -0.25) is 4.79 Å². The molecule has 5 rings (SSSR count). The molecule has 9 nitrogen and oxygen atoms in total. The molecule has 0 bridgehead atoms. The fourth-order valence-electron chi connectivity index (χ4n) is 5.02. The van der Waals surface area contributed by atoms with Gasteiger partial charge in [0.1, 0.15) is 18.3 Å². The van der Waals surface area contributed by atoms with Crippen molar-refractivity contribution in [1.29, 1.82) is 0 Å². The Morgan fingerprint density at radius 2 is 2.08 bits per heavy atom. The highest BCUT2D eigenvalue weighted by Crippen LogP contribution is 2.39. The lowest BCUT2D eigenvalue weighted by atomic mass is 9.79. The molecule has 4 heterocycles. The van der Waals surface area contributed by atoms with Gasteiger partial charge in [-0.15, -0.1) is 24.7 Å². The molecule has 37 heavy (non-hydrogen) atoms. The van der Waals surface area contributed by atoms with Crippen LogP contribution >= 0.6 is 0 Å². The third-order valence-corrected chi connectivity index (χ3v) is 7.24. The molecule has 2 aliphatic heterocycles. The molecular weight excluding hydrogens is 477 g/mol. The van der Waals surface area contributed by atoms with Crippen molar-refractivity contribution in [3.05, 3.63) is 33.9 Å². The van der Waals surface area contributed by atoms with E-state index in [2.05, 4.69) is 27.3 Å². The van der Waals surface area contributed by atoms with Crippen LogP contribution < -0.4 is 15.6 Å². The number of oxime groups is 1. The van der Waals surface area contributed by atoms with E-state index >= 15 is 4.39 Å². The van der Waals surface area contributed by atoms with Crippen molar-refractivity contribution in [3.8, 4) is 24.7 Å². The lowest BCUT2D eigenvalue weighted by Gasteiger charge is -2.38. The molecule has 2 saturated heterocycles. The molecule has 10 heteroatoms. The van der Waals surface area contributed by atoms with E-state index in [9.17, 15) is 9.59 Å². The summed E-state index contributed by atoms with van der Waals surface area (Å²) in [7, 11) is 1.49. The van der Waals surface area contributed by atoms with Crippen LogP contribution in [0.4, 0.5) is 10.2 Å². The first-order valence-electron chi connectivity index (χ1n) is 12.3. The van der Waals surface area contributed by atoms with E-state index < -0.39 is 17.2 Å². The Kier molecular flexibility index (Phi) is 6.61. The van der Waals surface area contributed by atoms with Gasteiger partial charge in [0.05, 0.1) is 29.7 Å². The molecule has 1 spiro atoms. The number of halogens is 1. The van der Waals surface area contributed by atoms with E-state index in [0.29, 0.717) is 31.6 Å². The van der Waals surface area contributed by atoms with Gasteiger partial charge in [-0.05, 0) is 18.9 Å². The summed E-state index contributed by atoms with van der Waals surface area (Å²) in [5.74, 6) is 3.56. The van der Waals surface area contributed by atoms with Crippen LogP contribution in [0.2, 0.25) is 0 Å². The molecule has 0 aromatic carbocycles. The Balaban J connectivity index is 1.49. The first kappa shape index (κ1) is 24.8. The zero-order valence-corrected chi connectivity index (χ0v) is 20.6. The summed E-state index contributed by atoms with van der Waals surface area (Å²) in [6.45, 7) is 2.35. The summed E-state index contributed by atoms with van der Waals surface area (Å²) in [4.78, 5) is 37.7. The highest BCUT2D eigenvalue weighted by Gasteiger charge is 2.50. The highest BCUT2D eigenvalue weighted by molar-refractivity contribution is 5.99. The molecule has 192 valence electrons. The van der Waals surface area contributed by atoms with E-state index in [4.69, 9.17) is 22.4 Å². The molecule has 2 aromatic rings. The zero-order chi connectivity index (χ0) is 26.2. The van der Waals surface area contributed by atoms with Gasteiger partial charge >= 0.3 is 5.97 Å². The molecular formula is C27H28FN5O4. The van der Waals surface area contributed by atoms with Gasteiger partial charge in [-0.1, -0.05) is 5.16 Å². The van der Waals surface area contributed by atoms with Gasteiger partial charge < -0.3 is 24.4 Å². The number of carbonyl (C=O) groups is 1. The Bertz CT molecular complexity index is 1400. The van der Waals surface area contributed by atoms with Crippen LogP contribution in [-0.4, -0.2) is 61.1 Å². The summed E-state index contributed by atoms with van der Waals surface area (Å²) < 4.78 is 22.6. The molecule has 0 amide bonds. The molecule has 0 atom stereocenters. The van der Waals surface area contributed by atoms with Gasteiger partial charge in [-0.25, -0.2) is 14.2 Å². The molecule has 0 radical (unpaired) electrons. The fourth-order valence-corrected chi connectivity index (χ4v) is 5.02. The number of ether oxygens (including phenoxy) is 1. The van der Waals surface area contributed by atoms with Gasteiger partial charge in [0.15, 0.2) is 11.6 Å². The molecule has 3 aliphatic rings. The number of anilines is 1. The number of esters is 1. The maximum atomic E-state index is 15.5. The van der Waals surface area contributed by atoms with Crippen LogP contribution in [0, 0.1) is 41.8 Å². The monoisotopic (exact) mass is 505 g/mol. The molecule has 1 aliphatic carbocycles. The van der Waals surface area contributed by atoms with Crippen molar-refractivity contribution in [2.45, 2.75) is 31.7 Å². The van der Waals surface area contributed by atoms with Crippen LogP contribution in [0.25, 0.3) is 11.0 Å². The van der Waals surface area contributed by atoms with Crippen molar-refractivity contribution in [2.24, 2.45) is 16.5 Å². The smallest absolute Gasteiger partial charge is 0.343 e. The number of aromatic nitrogens is 2. The standard InChI is InChI=1S/C27H28FN5O4/c1-4-6-17(7-5-2)13-37-26(35)20-11-33(18-8-9-18)24-19(23(20)34)10-21(28)25(30-24)32-12-22(31-36-3)27(16-32)14-29-15-27/h1-2,10-11,17-18,29H,6-9,12-16H2,3H3/b31-22-. The van der Waals surface area contributed by atoms with Crippen LogP contribution in [0.15, 0.2) is 22.2 Å². The first-order chi connectivity index (χ1) is 17.9. The third-order valence-electron chi connectivity index (χ3n) is 7.24. The quantitative estimate of drug-likeness (QED) is 0.333. The van der Waals surface area contributed by atoms with E-state index in [0.717, 1.165) is 31.6 Å². The summed E-state index contributed by atoms with van der Waals surface area (Å²) in [5.41, 5.74) is 0.169. The van der Waals surface area contributed by atoms with Crippen molar-refractivity contribution >= 4 is 28.5 Å². The number of fused-ring (bicyclic) bond motifs is 1. The predicted molar refractivity (Wildman–Crippen MR) is 137 cm³/mol. The van der Waals surface area contributed by atoms with Crippen LogP contribution in [0.5, 0.6) is 0 Å². The summed E-state index contributed by atoms with van der Waals surface area (Å²) in [5, 5.41) is 7.47. The minimum absolute atomic E-state index is 0.00336. The van der Waals surface area contributed by atoms with Crippen molar-refractivity contribution in [3.63, 3.8) is 0 Å². The van der Waals surface area contributed by atoms with E-state index in [1.807, 2.05) is 4.90 Å². The average Bonchev–Trinajstić information content (AvgIpc) is 3.62. The van der Waals surface area contributed by atoms with Crippen LogP contribution in [-0.2, 0) is 9.57 Å². The number of carbonyl (C=O) groups excluding carboxylic acids is 1. The van der Waals surface area contributed by atoms with Gasteiger partial charge in [-0.2, -0.15) is 0 Å². The van der Waals surface area contributed by atoms with Crippen LogP contribution in [0.1, 0.15) is 42.1 Å². The van der Waals surface area contributed by atoms with Crippen LogP contribution in [0.3, 0.4) is 0 Å². The molecule has 2 aromatic heterocycles. The Morgan fingerprint density at radius 3 is 2.68 bits per heavy atom. The molecule has 0 unspecified atom stereocenters. The van der Waals surface area contributed by atoms with Gasteiger partial charge in [0, 0.05) is 50.6 Å². The second kappa shape index (κ2) is 9.87. The normalized spacial score (nSPS) is 19.2. The predicted octanol–water partition coefficient (Wildman–Crippen LogP) is 2.10. The lowest BCUT2D eigenvalue weighted by molar-refractivity contribution is 0.0442. The maximum absolute atomic E-state index is 15.5. The largest absolute Gasteiger partial charge is 0.462 e. The van der Waals surface area contributed by atoms with Crippen molar-refractivity contribution < 1.29 is 18.8 Å². The number of pyridine rings is 2. The molecule has 3 fully saturated rings. The second-order valence-corrected chi connectivity index (χ2v) is 9.92. The van der Waals surface area contributed by atoms with E-state index in [1.165, 1.54) is 19.4 Å². The Hall–Kier alpha value is -3.89. The van der Waals surface area contributed by atoms with Gasteiger partial charge in [0.25, 0.3) is 0 Å². The molecule has 1 N–H and O–H groups in total. The van der Waals surface area contributed by atoms with Crippen molar-refractivity contribution in [2.75, 3.05) is 44.8 Å². The Labute approximate surface area is 214 Å². The topological polar surface area (TPSA) is 98.1 Å². The zero-order valence-electron chi connectivity index (χ0n) is 20.6. The number of nitrogens with zero attached hydrogens (tertiary/aromatic N) is 4.